The van der Waals surface area contributed by atoms with Crippen LogP contribution in [-0.4, -0.2) is 43.0 Å². The largest absolute Gasteiger partial charge is 0.497 e. The summed E-state index contributed by atoms with van der Waals surface area (Å²) in [6, 6.07) is 7.94. The molecule has 3 aliphatic rings. The van der Waals surface area contributed by atoms with Gasteiger partial charge in [-0.05, 0) is 74.5 Å². The van der Waals surface area contributed by atoms with E-state index in [2.05, 4.69) is 5.32 Å². The Kier molecular flexibility index (Phi) is 5.61. The summed E-state index contributed by atoms with van der Waals surface area (Å²) in [6.45, 7) is 1.45. The highest BCUT2D eigenvalue weighted by Gasteiger charge is 2.46. The van der Waals surface area contributed by atoms with Gasteiger partial charge in [-0.25, -0.2) is 0 Å². The molecule has 2 amide bonds. The topological polar surface area (TPSA) is 58.6 Å². The molecule has 1 heterocycles. The molecule has 1 N–H and O–H groups in total. The van der Waals surface area contributed by atoms with Crippen LogP contribution in [0.2, 0.25) is 0 Å². The van der Waals surface area contributed by atoms with Crippen LogP contribution >= 0.6 is 0 Å². The van der Waals surface area contributed by atoms with Gasteiger partial charge in [0.1, 0.15) is 5.75 Å². The molecule has 5 nitrogen and oxygen atoms in total. The Morgan fingerprint density at radius 3 is 2.68 bits per heavy atom. The number of carbonyl (C=O) groups excluding carboxylic acids is 2. The van der Waals surface area contributed by atoms with Crippen LogP contribution in [0.5, 0.6) is 5.75 Å². The summed E-state index contributed by atoms with van der Waals surface area (Å²) in [5, 5.41) is 3.12. The van der Waals surface area contributed by atoms with Gasteiger partial charge >= 0.3 is 0 Å². The van der Waals surface area contributed by atoms with E-state index in [1.54, 1.807) is 7.11 Å². The molecular formula is C23H32N2O3. The number of aryl methyl sites for hydroxylation is 1. The molecule has 0 unspecified atom stereocenters. The van der Waals surface area contributed by atoms with E-state index in [-0.39, 0.29) is 17.9 Å². The van der Waals surface area contributed by atoms with Gasteiger partial charge in [-0.3, -0.25) is 9.59 Å². The first kappa shape index (κ1) is 19.3. The van der Waals surface area contributed by atoms with Gasteiger partial charge in [0, 0.05) is 31.5 Å². The summed E-state index contributed by atoms with van der Waals surface area (Å²) < 4.78 is 5.23. The van der Waals surface area contributed by atoms with Crippen molar-refractivity contribution in [2.24, 2.45) is 11.3 Å². The molecule has 152 valence electrons. The molecule has 0 aromatic heterocycles. The Bertz CT molecular complexity index is 718. The minimum atomic E-state index is 0.0652. The summed E-state index contributed by atoms with van der Waals surface area (Å²) in [5.74, 6) is 1.42. The Morgan fingerprint density at radius 1 is 1.18 bits per heavy atom. The highest BCUT2D eigenvalue weighted by molar-refractivity contribution is 5.80. The molecule has 1 aromatic rings. The number of ether oxygens (including phenoxy) is 1. The van der Waals surface area contributed by atoms with Crippen molar-refractivity contribution >= 4 is 11.8 Å². The first-order valence-corrected chi connectivity index (χ1v) is 10.8. The van der Waals surface area contributed by atoms with Crippen LogP contribution in [0.15, 0.2) is 24.3 Å². The van der Waals surface area contributed by atoms with Crippen molar-refractivity contribution in [3.8, 4) is 5.75 Å². The summed E-state index contributed by atoms with van der Waals surface area (Å²) >= 11 is 0. The SMILES string of the molecule is COc1cccc(CCC(=O)N[C@@H]2CCN(C(=O)C3CCC4(CC3)CC4)C2)c1. The van der Waals surface area contributed by atoms with Crippen molar-refractivity contribution < 1.29 is 14.3 Å². The number of carbonyl (C=O) groups is 2. The predicted molar refractivity (Wildman–Crippen MR) is 108 cm³/mol. The number of nitrogens with one attached hydrogen (secondary N) is 1. The molecule has 28 heavy (non-hydrogen) atoms. The minimum Gasteiger partial charge on any atom is -0.497 e. The maximum Gasteiger partial charge on any atom is 0.225 e. The Labute approximate surface area is 167 Å². The van der Waals surface area contributed by atoms with Crippen molar-refractivity contribution in [1.29, 1.82) is 0 Å². The Balaban J connectivity index is 1.19. The van der Waals surface area contributed by atoms with Gasteiger partial charge in [-0.2, -0.15) is 0 Å². The van der Waals surface area contributed by atoms with Gasteiger partial charge in [0.15, 0.2) is 0 Å². The van der Waals surface area contributed by atoms with E-state index in [4.69, 9.17) is 4.74 Å². The van der Waals surface area contributed by atoms with Crippen molar-refractivity contribution in [3.05, 3.63) is 29.8 Å². The highest BCUT2D eigenvalue weighted by atomic mass is 16.5. The number of amides is 2. The molecule has 0 radical (unpaired) electrons. The van der Waals surface area contributed by atoms with Gasteiger partial charge < -0.3 is 15.0 Å². The molecule has 3 fully saturated rings. The van der Waals surface area contributed by atoms with E-state index in [9.17, 15) is 9.59 Å². The molecule has 4 rings (SSSR count). The van der Waals surface area contributed by atoms with Crippen LogP contribution in [0.1, 0.15) is 56.9 Å². The van der Waals surface area contributed by atoms with E-state index < -0.39 is 0 Å². The number of nitrogens with zero attached hydrogens (tertiary/aromatic N) is 1. The zero-order valence-corrected chi connectivity index (χ0v) is 16.9. The number of rotatable bonds is 6. The van der Waals surface area contributed by atoms with Crippen molar-refractivity contribution in [2.45, 2.75) is 63.8 Å². The second-order valence-corrected chi connectivity index (χ2v) is 8.96. The zero-order valence-electron chi connectivity index (χ0n) is 16.9. The Morgan fingerprint density at radius 2 is 1.96 bits per heavy atom. The van der Waals surface area contributed by atoms with E-state index in [0.717, 1.165) is 37.1 Å². The first-order valence-electron chi connectivity index (χ1n) is 10.8. The summed E-state index contributed by atoms with van der Waals surface area (Å²) in [6.07, 6.45) is 9.38. The zero-order chi connectivity index (χ0) is 19.6. The molecule has 2 aliphatic carbocycles. The number of hydrogen-bond acceptors (Lipinski definition) is 3. The fourth-order valence-electron chi connectivity index (χ4n) is 4.88. The minimum absolute atomic E-state index is 0.0652. The number of benzene rings is 1. The molecule has 1 spiro atoms. The quantitative estimate of drug-likeness (QED) is 0.819. The van der Waals surface area contributed by atoms with Gasteiger partial charge in [0.2, 0.25) is 11.8 Å². The first-order chi connectivity index (χ1) is 13.6. The lowest BCUT2D eigenvalue weighted by Gasteiger charge is -2.30. The van der Waals surface area contributed by atoms with Crippen LogP contribution in [0, 0.1) is 11.3 Å². The standard InChI is InChI=1S/C23H32N2O3/c1-28-20-4-2-3-17(15-20)5-6-21(26)24-19-9-14-25(16-19)22(27)18-7-10-23(11-8-18)12-13-23/h2-4,15,18-19H,5-14,16H2,1H3,(H,24,26)/t19-/m1/s1. The fraction of sp³-hybridized carbons (Fsp3) is 0.652. The summed E-state index contributed by atoms with van der Waals surface area (Å²) in [7, 11) is 1.65. The van der Waals surface area contributed by atoms with Crippen LogP contribution < -0.4 is 10.1 Å². The van der Waals surface area contributed by atoms with Crippen molar-refractivity contribution in [2.75, 3.05) is 20.2 Å². The molecule has 1 saturated heterocycles. The van der Waals surface area contributed by atoms with E-state index in [0.29, 0.717) is 30.7 Å². The summed E-state index contributed by atoms with van der Waals surface area (Å²) in [4.78, 5) is 27.2. The van der Waals surface area contributed by atoms with E-state index in [1.807, 2.05) is 29.2 Å². The lowest BCUT2D eigenvalue weighted by Crippen LogP contribution is -2.41. The van der Waals surface area contributed by atoms with Gasteiger partial charge in [0.05, 0.1) is 7.11 Å². The van der Waals surface area contributed by atoms with Crippen LogP contribution in [0.25, 0.3) is 0 Å². The third-order valence-corrected chi connectivity index (χ3v) is 6.99. The van der Waals surface area contributed by atoms with Gasteiger partial charge in [-0.15, -0.1) is 0 Å². The third kappa shape index (κ3) is 4.50. The fourth-order valence-corrected chi connectivity index (χ4v) is 4.88. The molecule has 1 atom stereocenters. The number of hydrogen-bond donors (Lipinski definition) is 1. The second kappa shape index (κ2) is 8.14. The van der Waals surface area contributed by atoms with E-state index in [1.165, 1.54) is 25.7 Å². The maximum absolute atomic E-state index is 12.8. The predicted octanol–water partition coefficient (Wildman–Crippen LogP) is 3.32. The monoisotopic (exact) mass is 384 g/mol. The lowest BCUT2D eigenvalue weighted by molar-refractivity contribution is -0.136. The average Bonchev–Trinajstić information content (AvgIpc) is 3.31. The van der Waals surface area contributed by atoms with Crippen LogP contribution in [0.4, 0.5) is 0 Å². The smallest absolute Gasteiger partial charge is 0.225 e. The molecular weight excluding hydrogens is 352 g/mol. The molecule has 2 saturated carbocycles. The highest BCUT2D eigenvalue weighted by Crippen LogP contribution is 2.57. The normalized spacial score (nSPS) is 23.6. The lowest BCUT2D eigenvalue weighted by atomic mass is 9.79. The summed E-state index contributed by atoms with van der Waals surface area (Å²) in [5.41, 5.74) is 1.73. The number of methoxy groups -OCH3 is 1. The van der Waals surface area contributed by atoms with Gasteiger partial charge in [0.25, 0.3) is 0 Å². The maximum atomic E-state index is 12.8. The second-order valence-electron chi connectivity index (χ2n) is 8.96. The molecule has 1 aromatic carbocycles. The third-order valence-electron chi connectivity index (χ3n) is 6.99. The molecule has 0 bridgehead atoms. The number of likely N-dealkylation sites (tertiary alicyclic amines) is 1. The van der Waals surface area contributed by atoms with E-state index >= 15 is 0 Å². The Hall–Kier alpha value is -2.04. The van der Waals surface area contributed by atoms with Gasteiger partial charge in [-0.1, -0.05) is 12.1 Å². The molecule has 5 heteroatoms. The van der Waals surface area contributed by atoms with Crippen LogP contribution in [0.3, 0.4) is 0 Å². The average molecular weight is 385 g/mol. The van der Waals surface area contributed by atoms with Crippen LogP contribution in [-0.2, 0) is 16.0 Å². The molecule has 1 aliphatic heterocycles. The van der Waals surface area contributed by atoms with Crippen molar-refractivity contribution in [3.63, 3.8) is 0 Å². The van der Waals surface area contributed by atoms with Crippen molar-refractivity contribution in [1.82, 2.24) is 10.2 Å².